The molecule has 0 unspecified atom stereocenters. The molecule has 18 heavy (non-hydrogen) atoms. The Morgan fingerprint density at radius 2 is 1.72 bits per heavy atom. The summed E-state index contributed by atoms with van der Waals surface area (Å²) in [5.41, 5.74) is -0.138. The van der Waals surface area contributed by atoms with Gasteiger partial charge in [-0.3, -0.25) is 4.79 Å². The maximum Gasteiger partial charge on any atom is 0.227 e. The molecule has 5 heteroatoms. The average Bonchev–Trinajstić information content (AvgIpc) is 2.34. The Hall–Kier alpha value is -1.49. The van der Waals surface area contributed by atoms with Crippen molar-refractivity contribution in [3.8, 4) is 0 Å². The van der Waals surface area contributed by atoms with E-state index in [0.717, 1.165) is 13.1 Å². The fourth-order valence-corrected chi connectivity index (χ4v) is 2.02. The van der Waals surface area contributed by atoms with Crippen molar-refractivity contribution in [1.29, 1.82) is 0 Å². The number of carbonyl (C=O) groups is 1. The van der Waals surface area contributed by atoms with Crippen LogP contribution in [0, 0.1) is 11.6 Å². The van der Waals surface area contributed by atoms with E-state index in [1.54, 1.807) is 4.90 Å². The third-order valence-electron chi connectivity index (χ3n) is 3.25. The summed E-state index contributed by atoms with van der Waals surface area (Å²) in [5, 5.41) is 0. The van der Waals surface area contributed by atoms with Gasteiger partial charge in [-0.2, -0.15) is 0 Å². The number of rotatable bonds is 2. The molecule has 1 aliphatic rings. The molecular weight excluding hydrogens is 238 g/mol. The van der Waals surface area contributed by atoms with E-state index in [1.807, 2.05) is 7.05 Å². The van der Waals surface area contributed by atoms with E-state index in [-0.39, 0.29) is 17.9 Å². The molecule has 1 heterocycles. The summed E-state index contributed by atoms with van der Waals surface area (Å²) in [6, 6.07) is 3.65. The van der Waals surface area contributed by atoms with Gasteiger partial charge in [0.15, 0.2) is 0 Å². The van der Waals surface area contributed by atoms with Crippen LogP contribution in [0.25, 0.3) is 0 Å². The summed E-state index contributed by atoms with van der Waals surface area (Å²) in [4.78, 5) is 15.7. The minimum atomic E-state index is -0.655. The van der Waals surface area contributed by atoms with Crippen LogP contribution in [0.15, 0.2) is 18.2 Å². The van der Waals surface area contributed by atoms with Crippen molar-refractivity contribution in [2.45, 2.75) is 6.42 Å². The molecule has 1 aliphatic heterocycles. The Bertz CT molecular complexity index is 422. The van der Waals surface area contributed by atoms with E-state index in [4.69, 9.17) is 0 Å². The molecule has 0 saturated carbocycles. The molecular formula is C13H16F2N2O. The van der Waals surface area contributed by atoms with E-state index < -0.39 is 11.6 Å². The molecule has 1 aromatic carbocycles. The molecule has 1 aromatic rings. The van der Waals surface area contributed by atoms with Crippen LogP contribution in [0.3, 0.4) is 0 Å². The van der Waals surface area contributed by atoms with E-state index in [9.17, 15) is 13.6 Å². The number of carbonyl (C=O) groups excluding carboxylic acids is 1. The highest BCUT2D eigenvalue weighted by Gasteiger charge is 2.21. The predicted molar refractivity (Wildman–Crippen MR) is 64.1 cm³/mol. The highest BCUT2D eigenvalue weighted by atomic mass is 19.1. The number of benzene rings is 1. The van der Waals surface area contributed by atoms with Gasteiger partial charge in [0.1, 0.15) is 11.6 Å². The van der Waals surface area contributed by atoms with Crippen molar-refractivity contribution in [1.82, 2.24) is 9.80 Å². The maximum atomic E-state index is 13.4. The average molecular weight is 254 g/mol. The number of nitrogens with zero attached hydrogens (tertiary/aromatic N) is 2. The van der Waals surface area contributed by atoms with Crippen LogP contribution in [0.4, 0.5) is 8.78 Å². The number of halogens is 2. The molecule has 0 aromatic heterocycles. The quantitative estimate of drug-likeness (QED) is 0.794. The number of piperazine rings is 1. The lowest BCUT2D eigenvalue weighted by molar-refractivity contribution is -0.132. The third kappa shape index (κ3) is 2.85. The summed E-state index contributed by atoms with van der Waals surface area (Å²) in [7, 11) is 1.98. The first-order valence-electron chi connectivity index (χ1n) is 5.97. The molecule has 0 atom stereocenters. The highest BCUT2D eigenvalue weighted by Crippen LogP contribution is 2.14. The Morgan fingerprint density at radius 3 is 2.28 bits per heavy atom. The lowest BCUT2D eigenvalue weighted by atomic mass is 10.1. The van der Waals surface area contributed by atoms with Crippen LogP contribution in [0.1, 0.15) is 5.56 Å². The van der Waals surface area contributed by atoms with Crippen molar-refractivity contribution in [2.75, 3.05) is 33.2 Å². The van der Waals surface area contributed by atoms with Gasteiger partial charge in [0.25, 0.3) is 0 Å². The third-order valence-corrected chi connectivity index (χ3v) is 3.25. The van der Waals surface area contributed by atoms with Gasteiger partial charge in [-0.25, -0.2) is 8.78 Å². The van der Waals surface area contributed by atoms with Crippen molar-refractivity contribution < 1.29 is 13.6 Å². The topological polar surface area (TPSA) is 23.6 Å². The molecule has 1 fully saturated rings. The smallest absolute Gasteiger partial charge is 0.227 e. The molecule has 1 amide bonds. The van der Waals surface area contributed by atoms with Crippen molar-refractivity contribution >= 4 is 5.91 Å². The first kappa shape index (κ1) is 13.0. The van der Waals surface area contributed by atoms with E-state index >= 15 is 0 Å². The minimum Gasteiger partial charge on any atom is -0.340 e. The summed E-state index contributed by atoms with van der Waals surface area (Å²) >= 11 is 0. The molecule has 0 N–H and O–H groups in total. The molecule has 1 saturated heterocycles. The Morgan fingerprint density at radius 1 is 1.17 bits per heavy atom. The van der Waals surface area contributed by atoms with Crippen LogP contribution in [0.2, 0.25) is 0 Å². The first-order chi connectivity index (χ1) is 8.58. The molecule has 2 rings (SSSR count). The van der Waals surface area contributed by atoms with Gasteiger partial charge in [0.05, 0.1) is 6.42 Å². The fraction of sp³-hybridized carbons (Fsp3) is 0.462. The van der Waals surface area contributed by atoms with Gasteiger partial charge in [0, 0.05) is 31.7 Å². The van der Waals surface area contributed by atoms with Gasteiger partial charge in [-0.1, -0.05) is 6.07 Å². The minimum absolute atomic E-state index is 0.138. The fourth-order valence-electron chi connectivity index (χ4n) is 2.02. The van der Waals surface area contributed by atoms with E-state index in [0.29, 0.717) is 13.1 Å². The van der Waals surface area contributed by atoms with Crippen LogP contribution in [-0.2, 0) is 11.2 Å². The standard InChI is InChI=1S/C13H16F2N2O/c1-16-5-7-17(8-6-16)13(18)9-10-11(14)3-2-4-12(10)15/h2-4H,5-9H2,1H3. The van der Waals surface area contributed by atoms with Crippen molar-refractivity contribution in [2.24, 2.45) is 0 Å². The van der Waals surface area contributed by atoms with Crippen molar-refractivity contribution in [3.05, 3.63) is 35.4 Å². The molecule has 0 spiro atoms. The van der Waals surface area contributed by atoms with E-state index in [2.05, 4.69) is 4.90 Å². The number of hydrogen-bond acceptors (Lipinski definition) is 2. The zero-order chi connectivity index (χ0) is 13.1. The summed E-state index contributed by atoms with van der Waals surface area (Å²) < 4.78 is 26.8. The predicted octanol–water partition coefficient (Wildman–Crippen LogP) is 1.28. The van der Waals surface area contributed by atoms with Gasteiger partial charge in [-0.15, -0.1) is 0 Å². The largest absolute Gasteiger partial charge is 0.340 e. The second-order valence-electron chi connectivity index (χ2n) is 4.56. The molecule has 0 bridgehead atoms. The maximum absolute atomic E-state index is 13.4. The normalized spacial score (nSPS) is 16.9. The monoisotopic (exact) mass is 254 g/mol. The van der Waals surface area contributed by atoms with Gasteiger partial charge < -0.3 is 9.80 Å². The van der Waals surface area contributed by atoms with E-state index in [1.165, 1.54) is 18.2 Å². The second kappa shape index (κ2) is 5.44. The Kier molecular flexibility index (Phi) is 3.91. The second-order valence-corrected chi connectivity index (χ2v) is 4.56. The van der Waals surface area contributed by atoms with Gasteiger partial charge in [0.2, 0.25) is 5.91 Å². The zero-order valence-electron chi connectivity index (χ0n) is 10.3. The number of hydrogen-bond donors (Lipinski definition) is 0. The summed E-state index contributed by atoms with van der Waals surface area (Å²) in [6.07, 6.45) is -0.206. The van der Waals surface area contributed by atoms with Crippen LogP contribution < -0.4 is 0 Å². The van der Waals surface area contributed by atoms with Crippen LogP contribution in [0.5, 0.6) is 0 Å². The van der Waals surface area contributed by atoms with Crippen LogP contribution >= 0.6 is 0 Å². The zero-order valence-corrected chi connectivity index (χ0v) is 10.3. The highest BCUT2D eigenvalue weighted by molar-refractivity contribution is 5.79. The molecule has 98 valence electrons. The summed E-state index contributed by atoms with van der Waals surface area (Å²) in [5.74, 6) is -1.53. The Labute approximate surface area is 105 Å². The van der Waals surface area contributed by atoms with Crippen LogP contribution in [-0.4, -0.2) is 48.9 Å². The Balaban J connectivity index is 2.03. The first-order valence-corrected chi connectivity index (χ1v) is 5.97. The lowest BCUT2D eigenvalue weighted by Gasteiger charge is -2.32. The molecule has 0 aliphatic carbocycles. The van der Waals surface area contributed by atoms with Crippen molar-refractivity contribution in [3.63, 3.8) is 0 Å². The number of likely N-dealkylation sites (N-methyl/N-ethyl adjacent to an activating group) is 1. The van der Waals surface area contributed by atoms with Gasteiger partial charge in [-0.05, 0) is 19.2 Å². The molecule has 3 nitrogen and oxygen atoms in total. The molecule has 0 radical (unpaired) electrons. The summed E-state index contributed by atoms with van der Waals surface area (Å²) in [6.45, 7) is 2.83. The number of amides is 1. The van der Waals surface area contributed by atoms with Gasteiger partial charge >= 0.3 is 0 Å². The SMILES string of the molecule is CN1CCN(C(=O)Cc2c(F)cccc2F)CC1. The lowest BCUT2D eigenvalue weighted by Crippen LogP contribution is -2.47.